The van der Waals surface area contributed by atoms with Gasteiger partial charge in [-0.2, -0.15) is 0 Å². The van der Waals surface area contributed by atoms with Crippen LogP contribution < -0.4 is 0 Å². The first-order chi connectivity index (χ1) is 7.19. The Balaban J connectivity index is 2.83. The molecular formula is C12H11NO2. The molecule has 0 atom stereocenters. The third-order valence-electron chi connectivity index (χ3n) is 1.97. The fraction of sp³-hybridized carbons (Fsp3) is 0.167. The molecular weight excluding hydrogens is 190 g/mol. The lowest BCUT2D eigenvalue weighted by Crippen LogP contribution is -2.26. The normalized spacial score (nSPS) is 9.07. The van der Waals surface area contributed by atoms with E-state index in [-0.39, 0.29) is 12.5 Å². The predicted octanol–water partition coefficient (Wildman–Crippen LogP) is 1.20. The Morgan fingerprint density at radius 3 is 2.53 bits per heavy atom. The second-order valence-electron chi connectivity index (χ2n) is 3.11. The standard InChI is InChI=1S/C12H11NO2/c1-3-8-13(2)12(15)11-6-4-10(9-14)5-7-11/h1,4-7,9H,8H2,2H3. The average molecular weight is 201 g/mol. The number of rotatable bonds is 3. The molecule has 0 bridgehead atoms. The highest BCUT2D eigenvalue weighted by atomic mass is 16.2. The van der Waals surface area contributed by atoms with Crippen molar-refractivity contribution in [1.82, 2.24) is 4.90 Å². The van der Waals surface area contributed by atoms with Crippen molar-refractivity contribution in [2.45, 2.75) is 0 Å². The Bertz CT molecular complexity index is 401. The van der Waals surface area contributed by atoms with Crippen molar-refractivity contribution in [2.24, 2.45) is 0 Å². The smallest absolute Gasteiger partial charge is 0.254 e. The van der Waals surface area contributed by atoms with Gasteiger partial charge in [-0.05, 0) is 12.1 Å². The summed E-state index contributed by atoms with van der Waals surface area (Å²) in [7, 11) is 1.63. The zero-order valence-corrected chi connectivity index (χ0v) is 8.43. The van der Waals surface area contributed by atoms with Gasteiger partial charge < -0.3 is 4.90 Å². The molecule has 1 aromatic carbocycles. The fourth-order valence-corrected chi connectivity index (χ4v) is 1.13. The summed E-state index contributed by atoms with van der Waals surface area (Å²) < 4.78 is 0. The van der Waals surface area contributed by atoms with Gasteiger partial charge in [0.25, 0.3) is 5.91 Å². The van der Waals surface area contributed by atoms with Crippen LogP contribution in [-0.2, 0) is 0 Å². The van der Waals surface area contributed by atoms with E-state index in [1.54, 1.807) is 31.3 Å². The average Bonchev–Trinajstić information content (AvgIpc) is 2.28. The maximum atomic E-state index is 11.7. The zero-order chi connectivity index (χ0) is 11.3. The quantitative estimate of drug-likeness (QED) is 0.544. The van der Waals surface area contributed by atoms with Crippen molar-refractivity contribution >= 4 is 12.2 Å². The van der Waals surface area contributed by atoms with Gasteiger partial charge in [-0.25, -0.2) is 0 Å². The van der Waals surface area contributed by atoms with Crippen LogP contribution in [0, 0.1) is 12.3 Å². The third kappa shape index (κ3) is 2.68. The summed E-state index contributed by atoms with van der Waals surface area (Å²) in [5.41, 5.74) is 1.07. The molecule has 0 aliphatic rings. The van der Waals surface area contributed by atoms with Gasteiger partial charge in [0.05, 0.1) is 6.54 Å². The van der Waals surface area contributed by atoms with Crippen LogP contribution in [0.4, 0.5) is 0 Å². The van der Waals surface area contributed by atoms with Crippen molar-refractivity contribution in [3.8, 4) is 12.3 Å². The van der Waals surface area contributed by atoms with Gasteiger partial charge in [-0.1, -0.05) is 18.1 Å². The summed E-state index contributed by atoms with van der Waals surface area (Å²) in [6.45, 7) is 0.272. The largest absolute Gasteiger partial charge is 0.331 e. The second kappa shape index (κ2) is 4.97. The van der Waals surface area contributed by atoms with E-state index < -0.39 is 0 Å². The number of terminal acetylenes is 1. The maximum absolute atomic E-state index is 11.7. The van der Waals surface area contributed by atoms with Gasteiger partial charge in [0.1, 0.15) is 6.29 Å². The number of amides is 1. The van der Waals surface area contributed by atoms with Crippen molar-refractivity contribution in [2.75, 3.05) is 13.6 Å². The summed E-state index contributed by atoms with van der Waals surface area (Å²) in [6.07, 6.45) is 5.84. The van der Waals surface area contributed by atoms with Crippen LogP contribution in [0.1, 0.15) is 20.7 Å². The number of hydrogen-bond acceptors (Lipinski definition) is 2. The number of carbonyl (C=O) groups excluding carboxylic acids is 2. The molecule has 0 saturated heterocycles. The number of nitrogens with zero attached hydrogens (tertiary/aromatic N) is 1. The highest BCUT2D eigenvalue weighted by Crippen LogP contribution is 2.05. The van der Waals surface area contributed by atoms with Crippen LogP contribution in [0.2, 0.25) is 0 Å². The summed E-state index contributed by atoms with van der Waals surface area (Å²) in [5.74, 6) is 2.24. The van der Waals surface area contributed by atoms with Crippen LogP contribution in [0.25, 0.3) is 0 Å². The topological polar surface area (TPSA) is 37.4 Å². The van der Waals surface area contributed by atoms with Crippen LogP contribution >= 0.6 is 0 Å². The minimum Gasteiger partial charge on any atom is -0.331 e. The van der Waals surface area contributed by atoms with E-state index in [2.05, 4.69) is 5.92 Å². The number of carbonyl (C=O) groups is 2. The molecule has 1 aromatic rings. The summed E-state index contributed by atoms with van der Waals surface area (Å²) in [4.78, 5) is 23.5. The van der Waals surface area contributed by atoms with Gasteiger partial charge in [0.15, 0.2) is 0 Å². The molecule has 0 spiro atoms. The molecule has 1 amide bonds. The highest BCUT2D eigenvalue weighted by molar-refractivity contribution is 5.94. The number of aldehydes is 1. The van der Waals surface area contributed by atoms with Crippen LogP contribution in [-0.4, -0.2) is 30.7 Å². The minimum atomic E-state index is -0.148. The molecule has 1 rings (SSSR count). The lowest BCUT2D eigenvalue weighted by molar-refractivity contribution is 0.0812. The monoisotopic (exact) mass is 201 g/mol. The molecule has 0 unspecified atom stereocenters. The molecule has 15 heavy (non-hydrogen) atoms. The van der Waals surface area contributed by atoms with E-state index in [1.807, 2.05) is 0 Å². The molecule has 0 aliphatic carbocycles. The Morgan fingerprint density at radius 1 is 1.47 bits per heavy atom. The van der Waals surface area contributed by atoms with Crippen molar-refractivity contribution < 1.29 is 9.59 Å². The van der Waals surface area contributed by atoms with Crippen LogP contribution in [0.5, 0.6) is 0 Å². The van der Waals surface area contributed by atoms with E-state index in [1.165, 1.54) is 4.90 Å². The Kier molecular flexibility index (Phi) is 3.64. The SMILES string of the molecule is C#CCN(C)C(=O)c1ccc(C=O)cc1. The first kappa shape index (κ1) is 11.0. The molecule has 0 N–H and O–H groups in total. The van der Waals surface area contributed by atoms with E-state index in [0.29, 0.717) is 11.1 Å². The van der Waals surface area contributed by atoms with Gasteiger partial charge in [-0.15, -0.1) is 6.42 Å². The van der Waals surface area contributed by atoms with Gasteiger partial charge >= 0.3 is 0 Å². The summed E-state index contributed by atoms with van der Waals surface area (Å²) >= 11 is 0. The molecule has 0 heterocycles. The molecule has 0 aliphatic heterocycles. The first-order valence-corrected chi connectivity index (χ1v) is 4.43. The Hall–Kier alpha value is -2.08. The molecule has 76 valence electrons. The Morgan fingerprint density at radius 2 is 2.07 bits per heavy atom. The second-order valence-corrected chi connectivity index (χ2v) is 3.11. The summed E-state index contributed by atoms with van der Waals surface area (Å²) in [5, 5.41) is 0. The zero-order valence-electron chi connectivity index (χ0n) is 8.43. The molecule has 0 fully saturated rings. The molecule has 0 aromatic heterocycles. The molecule has 3 nitrogen and oxygen atoms in total. The fourth-order valence-electron chi connectivity index (χ4n) is 1.13. The Labute approximate surface area is 88.7 Å². The van der Waals surface area contributed by atoms with Gasteiger partial charge in [0, 0.05) is 18.2 Å². The van der Waals surface area contributed by atoms with E-state index in [9.17, 15) is 9.59 Å². The van der Waals surface area contributed by atoms with Crippen LogP contribution in [0.3, 0.4) is 0 Å². The summed E-state index contributed by atoms with van der Waals surface area (Å²) in [6, 6.07) is 6.42. The predicted molar refractivity (Wildman–Crippen MR) is 57.6 cm³/mol. The lowest BCUT2D eigenvalue weighted by atomic mass is 10.1. The lowest BCUT2D eigenvalue weighted by Gasteiger charge is -2.13. The number of hydrogen-bond donors (Lipinski definition) is 0. The highest BCUT2D eigenvalue weighted by Gasteiger charge is 2.09. The molecule has 0 radical (unpaired) electrons. The van der Waals surface area contributed by atoms with Crippen molar-refractivity contribution in [1.29, 1.82) is 0 Å². The van der Waals surface area contributed by atoms with Crippen molar-refractivity contribution in [3.63, 3.8) is 0 Å². The van der Waals surface area contributed by atoms with Gasteiger partial charge in [-0.3, -0.25) is 9.59 Å². The molecule has 0 saturated carbocycles. The molecule has 3 heteroatoms. The maximum Gasteiger partial charge on any atom is 0.254 e. The first-order valence-electron chi connectivity index (χ1n) is 4.43. The van der Waals surface area contributed by atoms with Crippen molar-refractivity contribution in [3.05, 3.63) is 35.4 Å². The third-order valence-corrected chi connectivity index (χ3v) is 1.97. The minimum absolute atomic E-state index is 0.148. The number of benzene rings is 1. The van der Waals surface area contributed by atoms with E-state index >= 15 is 0 Å². The van der Waals surface area contributed by atoms with E-state index in [0.717, 1.165) is 6.29 Å². The van der Waals surface area contributed by atoms with Crippen LogP contribution in [0.15, 0.2) is 24.3 Å². The van der Waals surface area contributed by atoms with E-state index in [4.69, 9.17) is 6.42 Å². The van der Waals surface area contributed by atoms with Gasteiger partial charge in [0.2, 0.25) is 0 Å².